The Labute approximate surface area is 296 Å². The largest absolute Gasteiger partial charge is 0.309 e. The van der Waals surface area contributed by atoms with Crippen LogP contribution < -0.4 is 0 Å². The van der Waals surface area contributed by atoms with E-state index in [1.807, 2.05) is 65.2 Å². The molecule has 10 aromatic rings. The molecule has 234 valence electrons. The van der Waals surface area contributed by atoms with E-state index in [0.717, 1.165) is 55.0 Å². The summed E-state index contributed by atoms with van der Waals surface area (Å²) in [5.41, 5.74) is 10.7. The van der Waals surface area contributed by atoms with E-state index in [1.165, 1.54) is 16.5 Å². The van der Waals surface area contributed by atoms with Gasteiger partial charge in [0.15, 0.2) is 0 Å². The fourth-order valence-electron chi connectivity index (χ4n) is 7.45. The van der Waals surface area contributed by atoms with Crippen molar-refractivity contribution < 1.29 is 5.48 Å². The molecule has 0 fully saturated rings. The summed E-state index contributed by atoms with van der Waals surface area (Å²) in [6, 6.07) is 57.7. The fourth-order valence-corrected chi connectivity index (χ4v) is 7.45. The van der Waals surface area contributed by atoms with E-state index >= 15 is 0 Å². The van der Waals surface area contributed by atoms with Crippen LogP contribution in [0.25, 0.3) is 88.4 Å². The van der Waals surface area contributed by atoms with Gasteiger partial charge in [0.25, 0.3) is 0 Å². The lowest BCUT2D eigenvalue weighted by Gasteiger charge is -2.11. The highest BCUT2D eigenvalue weighted by molar-refractivity contribution is 6.12. The molecule has 50 heavy (non-hydrogen) atoms. The Kier molecular flexibility index (Phi) is 5.64. The normalized spacial score (nSPS) is 12.7. The molecule has 0 aliphatic rings. The third-order valence-corrected chi connectivity index (χ3v) is 9.79. The van der Waals surface area contributed by atoms with Crippen molar-refractivity contribution in [2.45, 2.75) is 0 Å². The van der Waals surface area contributed by atoms with E-state index in [-0.39, 0.29) is 29.9 Å². The zero-order valence-corrected chi connectivity index (χ0v) is 27.1. The number of rotatable bonds is 5. The molecule has 0 atom stereocenters. The topological polar surface area (TPSA) is 9.86 Å². The second kappa shape index (κ2) is 11.5. The average molecular weight is 641 g/mol. The molecular weight excluding hydrogens is 605 g/mol. The van der Waals surface area contributed by atoms with E-state index in [0.29, 0.717) is 11.1 Å². The Morgan fingerprint density at radius 3 is 1.30 bits per heavy atom. The molecule has 2 heterocycles. The van der Waals surface area contributed by atoms with Crippen LogP contribution in [0.3, 0.4) is 0 Å². The van der Waals surface area contributed by atoms with Crippen molar-refractivity contribution in [3.8, 4) is 44.8 Å². The predicted octanol–water partition coefficient (Wildman–Crippen LogP) is 12.9. The monoisotopic (exact) mass is 640 g/mol. The van der Waals surface area contributed by atoms with Gasteiger partial charge in [0.1, 0.15) is 0 Å². The van der Waals surface area contributed by atoms with Gasteiger partial charge in [-0.15, -0.1) is 0 Å². The molecule has 8 aromatic carbocycles. The maximum Gasteiger partial charge on any atom is 0.0645 e. The van der Waals surface area contributed by atoms with Gasteiger partial charge >= 0.3 is 0 Å². The van der Waals surface area contributed by atoms with Crippen molar-refractivity contribution in [2.75, 3.05) is 0 Å². The summed E-state index contributed by atoms with van der Waals surface area (Å²) in [6.45, 7) is 0. The van der Waals surface area contributed by atoms with E-state index < -0.39 is 0 Å². The summed E-state index contributed by atoms with van der Waals surface area (Å²) in [5.74, 6) is 0. The van der Waals surface area contributed by atoms with Gasteiger partial charge in [-0.25, -0.2) is 0 Å². The molecule has 0 radical (unpaired) electrons. The van der Waals surface area contributed by atoms with Crippen molar-refractivity contribution in [1.29, 1.82) is 0 Å². The molecule has 0 spiro atoms. The zero-order valence-electron chi connectivity index (χ0n) is 31.1. The Morgan fingerprint density at radius 1 is 0.280 bits per heavy atom. The maximum absolute atomic E-state index is 9.18. The van der Waals surface area contributed by atoms with Gasteiger partial charge in [-0.2, -0.15) is 0 Å². The zero-order chi connectivity index (χ0) is 36.5. The molecule has 10 rings (SSSR count). The van der Waals surface area contributed by atoms with Gasteiger partial charge < -0.3 is 9.13 Å². The maximum atomic E-state index is 9.18. The van der Waals surface area contributed by atoms with Crippen LogP contribution in [-0.2, 0) is 0 Å². The van der Waals surface area contributed by atoms with Gasteiger partial charge in [0.05, 0.1) is 27.5 Å². The van der Waals surface area contributed by atoms with E-state index in [4.69, 9.17) is 2.74 Å². The highest BCUT2D eigenvalue weighted by Crippen LogP contribution is 2.39. The summed E-state index contributed by atoms with van der Waals surface area (Å²) in [4.78, 5) is 0. The first-order chi connectivity index (χ1) is 26.5. The summed E-state index contributed by atoms with van der Waals surface area (Å²) in [7, 11) is 0. The Hall–Kier alpha value is -6.64. The lowest BCUT2D eigenvalue weighted by molar-refractivity contribution is 1.18. The molecule has 2 aromatic heterocycles. The number of hydrogen-bond acceptors (Lipinski definition) is 0. The minimum Gasteiger partial charge on any atom is -0.309 e. The molecule has 0 aliphatic carbocycles. The number of fused-ring (bicyclic) bond motifs is 6. The number of nitrogens with zero attached hydrogens (tertiary/aromatic N) is 2. The Bertz CT molecular complexity index is 3060. The van der Waals surface area contributed by atoms with Crippen LogP contribution in [0.5, 0.6) is 0 Å². The molecule has 0 unspecified atom stereocenters. The Balaban J connectivity index is 1.14. The van der Waals surface area contributed by atoms with Crippen molar-refractivity contribution in [3.63, 3.8) is 0 Å². The summed E-state index contributed by atoms with van der Waals surface area (Å²) in [5, 5.41) is 4.30. The first-order valence-electron chi connectivity index (χ1n) is 18.9. The van der Waals surface area contributed by atoms with Crippen molar-refractivity contribution in [2.24, 2.45) is 0 Å². The SMILES string of the molecule is [2H]c1c([2H])c(-n2c3ccccc3c3cc(-c4ccc5c(c4)c4ccccc4n5-c4cccc(-c5ccccc5)c4)ccc32)c([2H])c([2H])c1-c1ccccc1. The molecule has 2 nitrogen and oxygen atoms in total. The summed E-state index contributed by atoms with van der Waals surface area (Å²) < 4.78 is 40.6. The van der Waals surface area contributed by atoms with E-state index in [2.05, 4.69) is 114 Å². The van der Waals surface area contributed by atoms with Gasteiger partial charge in [-0.3, -0.25) is 0 Å². The standard InChI is InChI=1S/C48H32N2/c1-3-12-33(13-4-1)35-22-26-39(27-23-35)49-45-20-9-7-18-41(45)43-31-37(24-28-47(43)49)38-25-29-48-44(32-38)42-19-8-10-21-46(42)50(48)40-17-11-16-36(30-40)34-14-5-2-6-15-34/h1-32H/i22D,23D,26D,27D. The second-order valence-corrected chi connectivity index (χ2v) is 12.7. The average Bonchev–Trinajstić information content (AvgIpc) is 3.73. The number of aromatic nitrogens is 2. The lowest BCUT2D eigenvalue weighted by atomic mass is 10.0. The minimum atomic E-state index is -0.0715. The molecule has 0 saturated carbocycles. The second-order valence-electron chi connectivity index (χ2n) is 12.7. The summed E-state index contributed by atoms with van der Waals surface area (Å²) >= 11 is 0. The van der Waals surface area contributed by atoms with Crippen LogP contribution in [0.15, 0.2) is 194 Å². The van der Waals surface area contributed by atoms with Crippen LogP contribution in [0.1, 0.15) is 5.48 Å². The van der Waals surface area contributed by atoms with Gasteiger partial charge in [0.2, 0.25) is 0 Å². The quantitative estimate of drug-likeness (QED) is 0.177. The van der Waals surface area contributed by atoms with E-state index in [1.54, 1.807) is 0 Å². The molecular formula is C48H32N2. The smallest absolute Gasteiger partial charge is 0.0645 e. The van der Waals surface area contributed by atoms with Gasteiger partial charge in [-0.05, 0) is 94.0 Å². The van der Waals surface area contributed by atoms with Crippen molar-refractivity contribution in [1.82, 2.24) is 9.13 Å². The van der Waals surface area contributed by atoms with Crippen molar-refractivity contribution >= 4 is 43.6 Å². The minimum absolute atomic E-state index is 0.0565. The number of para-hydroxylation sites is 2. The lowest BCUT2D eigenvalue weighted by Crippen LogP contribution is -1.94. The molecule has 2 heteroatoms. The van der Waals surface area contributed by atoms with Crippen LogP contribution in [-0.4, -0.2) is 9.13 Å². The highest BCUT2D eigenvalue weighted by Gasteiger charge is 2.16. The first kappa shape index (κ1) is 24.5. The first-order valence-corrected chi connectivity index (χ1v) is 16.9. The fraction of sp³-hybridized carbons (Fsp3) is 0. The Morgan fingerprint density at radius 2 is 0.720 bits per heavy atom. The van der Waals surface area contributed by atoms with Gasteiger partial charge in [-0.1, -0.05) is 133 Å². The van der Waals surface area contributed by atoms with Crippen molar-refractivity contribution in [3.05, 3.63) is 194 Å². The van der Waals surface area contributed by atoms with Gasteiger partial charge in [0, 0.05) is 32.9 Å². The molecule has 0 aliphatic heterocycles. The van der Waals surface area contributed by atoms with Crippen LogP contribution >= 0.6 is 0 Å². The van der Waals surface area contributed by atoms with E-state index in [9.17, 15) is 2.74 Å². The molecule has 0 saturated heterocycles. The summed E-state index contributed by atoms with van der Waals surface area (Å²) in [6.07, 6.45) is 0. The highest BCUT2D eigenvalue weighted by atomic mass is 15.0. The third kappa shape index (κ3) is 4.57. The van der Waals surface area contributed by atoms with Crippen LogP contribution in [0, 0.1) is 0 Å². The molecule has 0 N–H and O–H groups in total. The third-order valence-electron chi connectivity index (χ3n) is 9.79. The predicted molar refractivity (Wildman–Crippen MR) is 211 cm³/mol. The number of benzene rings is 8. The number of hydrogen-bond donors (Lipinski definition) is 0. The molecule has 0 bridgehead atoms. The molecule has 0 amide bonds. The van der Waals surface area contributed by atoms with Crippen LogP contribution in [0.4, 0.5) is 0 Å². The van der Waals surface area contributed by atoms with Crippen LogP contribution in [0.2, 0.25) is 0 Å².